The van der Waals surface area contributed by atoms with Crippen LogP contribution < -0.4 is 15.2 Å². The molecule has 0 aliphatic rings. The van der Waals surface area contributed by atoms with Gasteiger partial charge in [-0.2, -0.15) is 0 Å². The van der Waals surface area contributed by atoms with E-state index in [1.54, 1.807) is 31.4 Å². The van der Waals surface area contributed by atoms with Gasteiger partial charge in [0.25, 0.3) is 0 Å². The van der Waals surface area contributed by atoms with Crippen molar-refractivity contribution in [3.8, 4) is 5.75 Å². The number of ether oxygens (including phenoxy) is 1. The maximum Gasteiger partial charge on any atom is 0.234 e. The van der Waals surface area contributed by atoms with Gasteiger partial charge in [-0.1, -0.05) is 30.3 Å². The van der Waals surface area contributed by atoms with Gasteiger partial charge in [0.2, 0.25) is 10.0 Å². The number of aryl methyl sites for hydroxylation is 1. The summed E-state index contributed by atoms with van der Waals surface area (Å²) in [6, 6.07) is 16.2. The first kappa shape index (κ1) is 17.3. The lowest BCUT2D eigenvalue weighted by atomic mass is 10.1. The molecular formula is C17H24N2O3S. The Bertz CT molecular complexity index is 706. The Morgan fingerprint density at radius 2 is 1.78 bits per heavy atom. The van der Waals surface area contributed by atoms with Gasteiger partial charge in [-0.05, 0) is 42.7 Å². The lowest BCUT2D eigenvalue weighted by Crippen LogP contribution is -2.33. The molecule has 0 amide bonds. The van der Waals surface area contributed by atoms with E-state index in [1.165, 1.54) is 0 Å². The zero-order valence-electron chi connectivity index (χ0n) is 13.1. The second-order valence-electron chi connectivity index (χ2n) is 5.40. The first-order chi connectivity index (χ1) is 11.0. The van der Waals surface area contributed by atoms with Crippen LogP contribution in [0.1, 0.15) is 13.4 Å². The van der Waals surface area contributed by atoms with Crippen molar-refractivity contribution in [2.24, 2.45) is 5.73 Å². The highest BCUT2D eigenvalue weighted by atomic mass is 32.2. The molecule has 0 aliphatic carbocycles. The lowest BCUT2D eigenvalue weighted by Gasteiger charge is -2.14. The maximum absolute atomic E-state index is 12.2. The van der Waals surface area contributed by atoms with Crippen molar-refractivity contribution < 1.29 is 14.6 Å². The first-order valence-corrected chi connectivity index (χ1v) is 9.08. The summed E-state index contributed by atoms with van der Waals surface area (Å²) in [5.41, 5.74) is 7.62. The van der Waals surface area contributed by atoms with Crippen LogP contribution in [0.25, 0.3) is 0 Å². The van der Waals surface area contributed by atoms with Crippen LogP contribution in [0.2, 0.25) is 0 Å². The van der Waals surface area contributed by atoms with Gasteiger partial charge in [-0.15, -0.1) is 0 Å². The number of rotatable bonds is 8. The molecule has 0 spiro atoms. The Balaban J connectivity index is 0.00000288. The van der Waals surface area contributed by atoms with Gasteiger partial charge in [0.05, 0.1) is 12.9 Å². The smallest absolute Gasteiger partial charge is 0.234 e. The predicted molar refractivity (Wildman–Crippen MR) is 95.3 cm³/mol. The molecule has 0 unspecified atom stereocenters. The molecule has 0 fully saturated rings. The average molecular weight is 336 g/mol. The number of methoxy groups -OCH3 is 1. The number of hydrogen-bond donors (Lipinski definition) is 2. The molecule has 0 radical (unpaired) electrons. The highest BCUT2D eigenvalue weighted by molar-refractivity contribution is 7.92. The zero-order valence-corrected chi connectivity index (χ0v) is 13.9. The summed E-state index contributed by atoms with van der Waals surface area (Å²) in [6.45, 7) is 0. The molecule has 3 N–H and O–H groups in total. The van der Waals surface area contributed by atoms with Crippen molar-refractivity contribution in [1.29, 1.82) is 0 Å². The quantitative estimate of drug-likeness (QED) is 0.776. The number of anilines is 1. The minimum absolute atomic E-state index is 0. The standard InChI is InChI=1S/C17H22N2O3S.H2/c1-22-17-11-9-16(10-12-17)19-23(20,21)13-15(18)8-7-14-5-3-2-4-6-14;/h2-6,9-12,15,19H,7-8,13,18H2,1H3;1H/t15-;/m0./s1. The minimum atomic E-state index is -3.47. The van der Waals surface area contributed by atoms with E-state index in [0.717, 1.165) is 12.0 Å². The fourth-order valence-corrected chi connectivity index (χ4v) is 3.55. The third-order valence-corrected chi connectivity index (χ3v) is 4.86. The van der Waals surface area contributed by atoms with E-state index in [-0.39, 0.29) is 7.18 Å². The van der Waals surface area contributed by atoms with Crippen molar-refractivity contribution in [2.45, 2.75) is 18.9 Å². The molecule has 126 valence electrons. The number of benzene rings is 2. The number of nitrogens with two attached hydrogens (primary N) is 1. The van der Waals surface area contributed by atoms with E-state index in [2.05, 4.69) is 4.72 Å². The highest BCUT2D eigenvalue weighted by Crippen LogP contribution is 2.16. The molecule has 0 saturated carbocycles. The van der Waals surface area contributed by atoms with Crippen molar-refractivity contribution >= 4 is 15.7 Å². The van der Waals surface area contributed by atoms with Gasteiger partial charge in [0, 0.05) is 13.2 Å². The molecule has 0 saturated heterocycles. The molecule has 2 aromatic carbocycles. The van der Waals surface area contributed by atoms with Gasteiger partial charge in [-0.25, -0.2) is 8.42 Å². The van der Waals surface area contributed by atoms with Gasteiger partial charge in [-0.3, -0.25) is 4.72 Å². The van der Waals surface area contributed by atoms with E-state index in [9.17, 15) is 8.42 Å². The Kier molecular flexibility index (Phi) is 6.01. The molecule has 2 rings (SSSR count). The molecule has 2 aromatic rings. The van der Waals surface area contributed by atoms with E-state index < -0.39 is 16.1 Å². The van der Waals surface area contributed by atoms with Crippen molar-refractivity contribution in [2.75, 3.05) is 17.6 Å². The topological polar surface area (TPSA) is 81.4 Å². The zero-order chi connectivity index (χ0) is 16.7. The largest absolute Gasteiger partial charge is 0.497 e. The number of sulfonamides is 1. The molecule has 0 bridgehead atoms. The Labute approximate surface area is 139 Å². The molecule has 5 nitrogen and oxygen atoms in total. The van der Waals surface area contributed by atoms with E-state index in [4.69, 9.17) is 10.5 Å². The maximum atomic E-state index is 12.2. The molecule has 1 atom stereocenters. The Morgan fingerprint density at radius 3 is 2.39 bits per heavy atom. The molecule has 0 aromatic heterocycles. The summed E-state index contributed by atoms with van der Waals surface area (Å²) < 4.78 is 31.9. The van der Waals surface area contributed by atoms with Crippen molar-refractivity contribution in [3.05, 3.63) is 60.2 Å². The van der Waals surface area contributed by atoms with Crippen LogP contribution in [0.5, 0.6) is 5.75 Å². The van der Waals surface area contributed by atoms with Crippen LogP contribution in [-0.4, -0.2) is 27.3 Å². The van der Waals surface area contributed by atoms with Crippen LogP contribution >= 0.6 is 0 Å². The normalized spacial score (nSPS) is 12.6. The second-order valence-corrected chi connectivity index (χ2v) is 7.16. The van der Waals surface area contributed by atoms with E-state index in [0.29, 0.717) is 17.9 Å². The van der Waals surface area contributed by atoms with Crippen LogP contribution in [0.3, 0.4) is 0 Å². The second kappa shape index (κ2) is 7.99. The SMILES string of the molecule is COc1ccc(NS(=O)(=O)C[C@@H](N)CCc2ccccc2)cc1.[HH]. The van der Waals surface area contributed by atoms with Gasteiger partial charge >= 0.3 is 0 Å². The summed E-state index contributed by atoms with van der Waals surface area (Å²) in [4.78, 5) is 0. The summed E-state index contributed by atoms with van der Waals surface area (Å²) in [5.74, 6) is 0.568. The Morgan fingerprint density at radius 1 is 1.13 bits per heavy atom. The molecule has 0 heterocycles. The Hall–Kier alpha value is -2.05. The predicted octanol–water partition coefficient (Wildman–Crippen LogP) is 2.64. The molecule has 23 heavy (non-hydrogen) atoms. The van der Waals surface area contributed by atoms with Gasteiger partial charge in [0.15, 0.2) is 0 Å². The minimum Gasteiger partial charge on any atom is -0.497 e. The molecular weight excluding hydrogens is 312 g/mol. The monoisotopic (exact) mass is 336 g/mol. The molecule has 0 aliphatic heterocycles. The summed E-state index contributed by atoms with van der Waals surface area (Å²) in [5, 5.41) is 0. The van der Waals surface area contributed by atoms with E-state index in [1.807, 2.05) is 30.3 Å². The van der Waals surface area contributed by atoms with Crippen molar-refractivity contribution in [3.63, 3.8) is 0 Å². The molecule has 6 heteroatoms. The summed E-state index contributed by atoms with van der Waals surface area (Å²) >= 11 is 0. The third kappa shape index (κ3) is 5.92. The lowest BCUT2D eigenvalue weighted by molar-refractivity contribution is 0.415. The van der Waals surface area contributed by atoms with Crippen LogP contribution in [-0.2, 0) is 16.4 Å². The average Bonchev–Trinajstić information content (AvgIpc) is 2.54. The fourth-order valence-electron chi connectivity index (χ4n) is 2.24. The third-order valence-electron chi connectivity index (χ3n) is 3.44. The highest BCUT2D eigenvalue weighted by Gasteiger charge is 2.16. The van der Waals surface area contributed by atoms with Crippen molar-refractivity contribution in [1.82, 2.24) is 0 Å². The van der Waals surface area contributed by atoms with E-state index >= 15 is 0 Å². The fraction of sp³-hybridized carbons (Fsp3) is 0.294. The number of hydrogen-bond acceptors (Lipinski definition) is 4. The van der Waals surface area contributed by atoms with Crippen LogP contribution in [0.4, 0.5) is 5.69 Å². The van der Waals surface area contributed by atoms with Crippen LogP contribution in [0, 0.1) is 0 Å². The number of nitrogens with one attached hydrogen (secondary N) is 1. The van der Waals surface area contributed by atoms with Gasteiger partial charge < -0.3 is 10.5 Å². The summed E-state index contributed by atoms with van der Waals surface area (Å²) in [7, 11) is -1.91. The summed E-state index contributed by atoms with van der Waals surface area (Å²) in [6.07, 6.45) is 1.38. The van der Waals surface area contributed by atoms with Crippen LogP contribution in [0.15, 0.2) is 54.6 Å². The first-order valence-electron chi connectivity index (χ1n) is 7.42. The van der Waals surface area contributed by atoms with Gasteiger partial charge in [0.1, 0.15) is 5.75 Å².